The molecule has 0 fully saturated rings. The zero-order chi connectivity index (χ0) is 12.5. The second-order valence-electron chi connectivity index (χ2n) is 2.76. The Hall–Kier alpha value is -0.950. The highest BCUT2D eigenvalue weighted by Crippen LogP contribution is 2.44. The van der Waals surface area contributed by atoms with E-state index in [1.807, 2.05) is 0 Å². The number of hydrogen-bond donors (Lipinski definition) is 0. The van der Waals surface area contributed by atoms with Gasteiger partial charge < -0.3 is 4.74 Å². The van der Waals surface area contributed by atoms with Gasteiger partial charge in [0.2, 0.25) is 6.10 Å². The summed E-state index contributed by atoms with van der Waals surface area (Å²) < 4.78 is 88.7. The highest BCUT2D eigenvalue weighted by atomic mass is 19.4. The standard InChI is InChI=1S/C7H7F7O/c1-3-15-4(5(2,8)9)6(10,11)7(12,13)14/h3-4H,1H2,2H3. The van der Waals surface area contributed by atoms with Crippen LogP contribution in [0.5, 0.6) is 0 Å². The third kappa shape index (κ3) is 3.00. The molecule has 1 atom stereocenters. The first-order valence-corrected chi connectivity index (χ1v) is 3.53. The zero-order valence-electron chi connectivity index (χ0n) is 7.42. The predicted molar refractivity (Wildman–Crippen MR) is 36.7 cm³/mol. The van der Waals surface area contributed by atoms with E-state index in [-0.39, 0.29) is 13.2 Å². The van der Waals surface area contributed by atoms with Crippen LogP contribution in [0.2, 0.25) is 0 Å². The van der Waals surface area contributed by atoms with E-state index in [4.69, 9.17) is 0 Å². The highest BCUT2D eigenvalue weighted by Gasteiger charge is 2.69. The molecule has 0 spiro atoms. The van der Waals surface area contributed by atoms with Crippen molar-refractivity contribution in [3.8, 4) is 0 Å². The summed E-state index contributed by atoms with van der Waals surface area (Å²) in [7, 11) is 0. The molecule has 0 aliphatic heterocycles. The van der Waals surface area contributed by atoms with E-state index in [9.17, 15) is 30.7 Å². The molecular formula is C7H7F7O. The molecule has 0 radical (unpaired) electrons. The number of rotatable bonds is 4. The molecule has 8 heteroatoms. The maximum Gasteiger partial charge on any atom is 0.457 e. The van der Waals surface area contributed by atoms with Gasteiger partial charge in [-0.3, -0.25) is 0 Å². The molecule has 0 bridgehead atoms. The van der Waals surface area contributed by atoms with Crippen LogP contribution in [-0.2, 0) is 4.74 Å². The lowest BCUT2D eigenvalue weighted by Crippen LogP contribution is -2.55. The summed E-state index contributed by atoms with van der Waals surface area (Å²) >= 11 is 0. The average Bonchev–Trinajstić information content (AvgIpc) is 1.95. The van der Waals surface area contributed by atoms with Crippen molar-refractivity contribution in [1.29, 1.82) is 0 Å². The number of alkyl halides is 7. The molecule has 0 aromatic carbocycles. The Morgan fingerprint density at radius 3 is 1.67 bits per heavy atom. The van der Waals surface area contributed by atoms with Crippen molar-refractivity contribution in [1.82, 2.24) is 0 Å². The Kier molecular flexibility index (Phi) is 3.65. The molecule has 0 N–H and O–H groups in total. The van der Waals surface area contributed by atoms with Crippen LogP contribution in [0, 0.1) is 0 Å². The fourth-order valence-corrected chi connectivity index (χ4v) is 0.768. The molecule has 1 nitrogen and oxygen atoms in total. The molecule has 0 aromatic rings. The molecule has 0 rings (SSSR count). The Morgan fingerprint density at radius 1 is 1.07 bits per heavy atom. The summed E-state index contributed by atoms with van der Waals surface area (Å²) in [6.45, 7) is 2.56. The first-order valence-electron chi connectivity index (χ1n) is 3.53. The topological polar surface area (TPSA) is 9.23 Å². The molecule has 0 aliphatic carbocycles. The van der Waals surface area contributed by atoms with Crippen LogP contribution in [0.4, 0.5) is 30.7 Å². The van der Waals surface area contributed by atoms with E-state index in [0.29, 0.717) is 0 Å². The van der Waals surface area contributed by atoms with Gasteiger partial charge in [-0.05, 0) is 0 Å². The summed E-state index contributed by atoms with van der Waals surface area (Å²) in [5, 5.41) is 0. The molecule has 0 heterocycles. The molecule has 0 saturated carbocycles. The van der Waals surface area contributed by atoms with Gasteiger partial charge in [0, 0.05) is 6.92 Å². The first kappa shape index (κ1) is 14.0. The van der Waals surface area contributed by atoms with Gasteiger partial charge in [-0.25, -0.2) is 8.78 Å². The average molecular weight is 240 g/mol. The molecule has 15 heavy (non-hydrogen) atoms. The minimum Gasteiger partial charge on any atom is -0.486 e. The lowest BCUT2D eigenvalue weighted by Gasteiger charge is -2.31. The Balaban J connectivity index is 5.17. The second kappa shape index (κ2) is 3.90. The van der Waals surface area contributed by atoms with Crippen LogP contribution < -0.4 is 0 Å². The Morgan fingerprint density at radius 2 is 1.47 bits per heavy atom. The minimum atomic E-state index is -6.11. The SMILES string of the molecule is C=COC(C(C)(F)F)C(F)(F)C(F)(F)F. The molecule has 0 aromatic heterocycles. The van der Waals surface area contributed by atoms with E-state index in [0.717, 1.165) is 0 Å². The van der Waals surface area contributed by atoms with Crippen molar-refractivity contribution in [3.05, 3.63) is 12.8 Å². The van der Waals surface area contributed by atoms with Gasteiger partial charge in [0.05, 0.1) is 6.26 Å². The van der Waals surface area contributed by atoms with E-state index < -0.39 is 24.1 Å². The third-order valence-corrected chi connectivity index (χ3v) is 1.40. The monoisotopic (exact) mass is 240 g/mol. The van der Waals surface area contributed by atoms with Gasteiger partial charge in [-0.1, -0.05) is 6.58 Å². The van der Waals surface area contributed by atoms with Crippen LogP contribution in [0.1, 0.15) is 6.92 Å². The van der Waals surface area contributed by atoms with Crippen molar-refractivity contribution in [2.75, 3.05) is 0 Å². The van der Waals surface area contributed by atoms with Crippen LogP contribution in [0.15, 0.2) is 12.8 Å². The lowest BCUT2D eigenvalue weighted by atomic mass is 10.1. The summed E-state index contributed by atoms with van der Waals surface area (Å²) in [6, 6.07) is 0. The van der Waals surface area contributed by atoms with E-state index in [2.05, 4.69) is 11.3 Å². The smallest absolute Gasteiger partial charge is 0.457 e. The maximum absolute atomic E-state index is 12.5. The van der Waals surface area contributed by atoms with Crippen molar-refractivity contribution in [2.24, 2.45) is 0 Å². The van der Waals surface area contributed by atoms with Crippen LogP contribution in [0.25, 0.3) is 0 Å². The molecule has 0 saturated heterocycles. The van der Waals surface area contributed by atoms with Gasteiger partial charge >= 0.3 is 12.1 Å². The summed E-state index contributed by atoms with van der Waals surface area (Å²) in [5.41, 5.74) is 0. The first-order chi connectivity index (χ1) is 6.44. The number of halogens is 7. The molecule has 0 amide bonds. The molecular weight excluding hydrogens is 233 g/mol. The Bertz CT molecular complexity index is 226. The highest BCUT2D eigenvalue weighted by molar-refractivity contribution is 4.93. The van der Waals surface area contributed by atoms with Crippen LogP contribution in [-0.4, -0.2) is 24.1 Å². The van der Waals surface area contributed by atoms with Crippen molar-refractivity contribution in [3.63, 3.8) is 0 Å². The van der Waals surface area contributed by atoms with Crippen molar-refractivity contribution in [2.45, 2.75) is 31.0 Å². The van der Waals surface area contributed by atoms with Gasteiger partial charge in [-0.2, -0.15) is 22.0 Å². The van der Waals surface area contributed by atoms with E-state index in [1.54, 1.807) is 0 Å². The number of ether oxygens (including phenoxy) is 1. The zero-order valence-corrected chi connectivity index (χ0v) is 7.42. The minimum absolute atomic E-state index is 0.0964. The van der Waals surface area contributed by atoms with Crippen LogP contribution >= 0.6 is 0 Å². The summed E-state index contributed by atoms with van der Waals surface area (Å²) in [6.07, 6.45) is -9.62. The van der Waals surface area contributed by atoms with Crippen molar-refractivity contribution >= 4 is 0 Å². The largest absolute Gasteiger partial charge is 0.486 e. The fraction of sp³-hybridized carbons (Fsp3) is 0.714. The molecule has 90 valence electrons. The van der Waals surface area contributed by atoms with Crippen LogP contribution in [0.3, 0.4) is 0 Å². The Labute approximate surface area is 80.5 Å². The summed E-state index contributed by atoms with van der Waals surface area (Å²) in [5.74, 6) is -10.0. The predicted octanol–water partition coefficient (Wildman–Crippen LogP) is 3.37. The number of hydrogen-bond acceptors (Lipinski definition) is 1. The molecule has 1 unspecified atom stereocenters. The van der Waals surface area contributed by atoms with Gasteiger partial charge in [-0.15, -0.1) is 0 Å². The van der Waals surface area contributed by atoms with Crippen molar-refractivity contribution < 1.29 is 35.5 Å². The normalized spacial score (nSPS) is 16.0. The quantitative estimate of drug-likeness (QED) is 0.540. The maximum atomic E-state index is 12.5. The van der Waals surface area contributed by atoms with E-state index in [1.165, 1.54) is 0 Å². The van der Waals surface area contributed by atoms with Gasteiger partial charge in [0.1, 0.15) is 0 Å². The fourth-order valence-electron chi connectivity index (χ4n) is 0.768. The third-order valence-electron chi connectivity index (χ3n) is 1.40. The van der Waals surface area contributed by atoms with E-state index >= 15 is 0 Å². The summed E-state index contributed by atoms with van der Waals surface area (Å²) in [4.78, 5) is 0. The molecule has 0 aliphatic rings. The second-order valence-corrected chi connectivity index (χ2v) is 2.76. The van der Waals surface area contributed by atoms with Gasteiger partial charge in [0.15, 0.2) is 0 Å². The van der Waals surface area contributed by atoms with Gasteiger partial charge in [0.25, 0.3) is 5.92 Å². The lowest BCUT2D eigenvalue weighted by molar-refractivity contribution is -0.338.